The molecule has 0 N–H and O–H groups in total. The molecule has 78 valence electrons. The Labute approximate surface area is 77.4 Å². The highest BCUT2D eigenvalue weighted by molar-refractivity contribution is 7.86. The van der Waals surface area contributed by atoms with Gasteiger partial charge in [0.25, 0.3) is 0 Å². The molecule has 0 bridgehead atoms. The van der Waals surface area contributed by atoms with E-state index in [0.717, 1.165) is 12.1 Å². The first-order chi connectivity index (χ1) is 6.21. The number of hydrogen-bond donors (Lipinski definition) is 0. The van der Waals surface area contributed by atoms with Crippen LogP contribution in [-0.4, -0.2) is 8.42 Å². The van der Waals surface area contributed by atoms with Crippen LogP contribution in [0.5, 0.6) is 0 Å². The molecular formula is C7H4F4O2S. The van der Waals surface area contributed by atoms with Crippen LogP contribution in [0.1, 0.15) is 5.56 Å². The molecule has 0 aliphatic carbocycles. The summed E-state index contributed by atoms with van der Waals surface area (Å²) >= 11 is 0. The third-order valence-corrected chi connectivity index (χ3v) is 2.26. The maximum absolute atomic E-state index is 12.3. The zero-order chi connectivity index (χ0) is 11.0. The van der Waals surface area contributed by atoms with E-state index in [1.807, 2.05) is 0 Å². The van der Waals surface area contributed by atoms with Crippen molar-refractivity contribution in [2.24, 2.45) is 0 Å². The summed E-state index contributed by atoms with van der Waals surface area (Å²) in [5.74, 6) is 0. The number of benzene rings is 1. The molecule has 0 aliphatic rings. The van der Waals surface area contributed by atoms with Crippen molar-refractivity contribution in [3.05, 3.63) is 29.8 Å². The second kappa shape index (κ2) is 3.23. The quantitative estimate of drug-likeness (QED) is 0.546. The molecule has 0 radical (unpaired) electrons. The number of rotatable bonds is 1. The summed E-state index contributed by atoms with van der Waals surface area (Å²) in [6.45, 7) is 0. The molecule has 2 nitrogen and oxygen atoms in total. The van der Waals surface area contributed by atoms with Gasteiger partial charge in [0, 0.05) is 0 Å². The maximum atomic E-state index is 12.3. The van der Waals surface area contributed by atoms with E-state index in [0.29, 0.717) is 6.07 Å². The first kappa shape index (κ1) is 11.0. The van der Waals surface area contributed by atoms with Gasteiger partial charge in [-0.25, -0.2) is 0 Å². The molecule has 0 spiro atoms. The molecule has 0 saturated carbocycles. The smallest absolute Gasteiger partial charge is 0.189 e. The van der Waals surface area contributed by atoms with Gasteiger partial charge >= 0.3 is 16.4 Å². The summed E-state index contributed by atoms with van der Waals surface area (Å²) < 4.78 is 69.0. The van der Waals surface area contributed by atoms with Gasteiger partial charge in [-0.1, -0.05) is 6.07 Å². The van der Waals surface area contributed by atoms with Crippen LogP contribution < -0.4 is 0 Å². The van der Waals surface area contributed by atoms with Crippen molar-refractivity contribution >= 4 is 10.2 Å². The van der Waals surface area contributed by atoms with E-state index in [4.69, 9.17) is 0 Å². The predicted octanol–water partition coefficient (Wildman–Crippen LogP) is 2.36. The van der Waals surface area contributed by atoms with Crippen molar-refractivity contribution in [2.75, 3.05) is 0 Å². The molecule has 1 rings (SSSR count). The molecule has 0 aliphatic heterocycles. The van der Waals surface area contributed by atoms with Gasteiger partial charge in [-0.05, 0) is 18.2 Å². The van der Waals surface area contributed by atoms with E-state index in [-0.39, 0.29) is 6.07 Å². The van der Waals surface area contributed by atoms with Crippen molar-refractivity contribution in [1.82, 2.24) is 0 Å². The molecule has 0 saturated heterocycles. The second-order valence-electron chi connectivity index (χ2n) is 2.46. The Bertz CT molecular complexity index is 435. The Balaban J connectivity index is 3.29. The molecule has 7 heteroatoms. The van der Waals surface area contributed by atoms with Crippen molar-refractivity contribution < 1.29 is 25.5 Å². The predicted molar refractivity (Wildman–Crippen MR) is 39.7 cm³/mol. The van der Waals surface area contributed by atoms with Gasteiger partial charge in [0.15, 0.2) is 0 Å². The van der Waals surface area contributed by atoms with Crippen LogP contribution in [0.2, 0.25) is 0 Å². The molecular weight excluding hydrogens is 224 g/mol. The van der Waals surface area contributed by atoms with Gasteiger partial charge < -0.3 is 0 Å². The Hall–Kier alpha value is -1.11. The molecule has 1 aromatic carbocycles. The van der Waals surface area contributed by atoms with Crippen LogP contribution in [0.15, 0.2) is 29.2 Å². The van der Waals surface area contributed by atoms with E-state index >= 15 is 0 Å². The molecule has 14 heavy (non-hydrogen) atoms. The lowest BCUT2D eigenvalue weighted by Crippen LogP contribution is -2.05. The largest absolute Gasteiger partial charge is 0.416 e. The maximum Gasteiger partial charge on any atom is 0.416 e. The fourth-order valence-corrected chi connectivity index (χ4v) is 1.33. The number of halogens is 4. The average Bonchev–Trinajstić information content (AvgIpc) is 2.01. The third-order valence-electron chi connectivity index (χ3n) is 1.44. The highest BCUT2D eigenvalue weighted by Gasteiger charge is 2.31. The van der Waals surface area contributed by atoms with Gasteiger partial charge in [0.2, 0.25) is 0 Å². The van der Waals surface area contributed by atoms with Crippen LogP contribution in [-0.2, 0) is 16.4 Å². The minimum absolute atomic E-state index is 0.245. The fraction of sp³-hybridized carbons (Fsp3) is 0.143. The summed E-state index contributed by atoms with van der Waals surface area (Å²) in [6, 6.07) is 2.49. The highest BCUT2D eigenvalue weighted by atomic mass is 32.3. The molecule has 1 aromatic rings. The van der Waals surface area contributed by atoms with Gasteiger partial charge in [0.1, 0.15) is 0 Å². The second-order valence-corrected chi connectivity index (χ2v) is 3.81. The lowest BCUT2D eigenvalue weighted by Gasteiger charge is -2.06. The lowest BCUT2D eigenvalue weighted by atomic mass is 10.2. The van der Waals surface area contributed by atoms with Crippen molar-refractivity contribution in [3.8, 4) is 0 Å². The van der Waals surface area contributed by atoms with Gasteiger partial charge in [-0.15, -0.1) is 3.89 Å². The minimum Gasteiger partial charge on any atom is -0.189 e. The average molecular weight is 228 g/mol. The Morgan fingerprint density at radius 3 is 2.14 bits per heavy atom. The SMILES string of the molecule is O=S(=O)(F)c1cccc(C(F)(F)F)c1. The number of hydrogen-bond acceptors (Lipinski definition) is 2. The summed E-state index contributed by atoms with van der Waals surface area (Å²) in [5.41, 5.74) is -1.20. The van der Waals surface area contributed by atoms with Crippen LogP contribution in [0.3, 0.4) is 0 Å². The Kier molecular flexibility index (Phi) is 2.53. The van der Waals surface area contributed by atoms with E-state index in [1.165, 1.54) is 0 Å². The monoisotopic (exact) mass is 228 g/mol. The Morgan fingerprint density at radius 2 is 1.71 bits per heavy atom. The van der Waals surface area contributed by atoms with Crippen LogP contribution in [0.4, 0.5) is 17.1 Å². The van der Waals surface area contributed by atoms with E-state index < -0.39 is 26.9 Å². The van der Waals surface area contributed by atoms with E-state index in [2.05, 4.69) is 0 Å². The molecule has 0 atom stereocenters. The van der Waals surface area contributed by atoms with Crippen LogP contribution >= 0.6 is 0 Å². The lowest BCUT2D eigenvalue weighted by molar-refractivity contribution is -0.137. The number of alkyl halides is 3. The standard InChI is InChI=1S/C7H4F4O2S/c8-7(9,10)5-2-1-3-6(4-5)14(11,12)13/h1-4H. The zero-order valence-electron chi connectivity index (χ0n) is 6.55. The van der Waals surface area contributed by atoms with Gasteiger partial charge in [0.05, 0.1) is 10.5 Å². The van der Waals surface area contributed by atoms with E-state index in [1.54, 1.807) is 0 Å². The summed E-state index contributed by atoms with van der Waals surface area (Å²) in [6.07, 6.45) is -4.68. The summed E-state index contributed by atoms with van der Waals surface area (Å²) in [4.78, 5) is -0.993. The topological polar surface area (TPSA) is 34.1 Å². The normalized spacial score (nSPS) is 12.9. The summed E-state index contributed by atoms with van der Waals surface area (Å²) in [7, 11) is -5.09. The van der Waals surface area contributed by atoms with E-state index in [9.17, 15) is 25.5 Å². The Morgan fingerprint density at radius 1 is 1.14 bits per heavy atom. The molecule has 0 unspecified atom stereocenters. The highest BCUT2D eigenvalue weighted by Crippen LogP contribution is 2.30. The minimum atomic E-state index is -5.09. The molecule has 0 fully saturated rings. The third kappa shape index (κ3) is 2.44. The molecule has 0 heterocycles. The van der Waals surface area contributed by atoms with Crippen molar-refractivity contribution in [2.45, 2.75) is 11.1 Å². The van der Waals surface area contributed by atoms with Gasteiger partial charge in [-0.3, -0.25) is 0 Å². The zero-order valence-corrected chi connectivity index (χ0v) is 7.36. The van der Waals surface area contributed by atoms with Crippen LogP contribution in [0, 0.1) is 0 Å². The molecule has 0 aromatic heterocycles. The first-order valence-corrected chi connectivity index (χ1v) is 4.71. The van der Waals surface area contributed by atoms with Crippen LogP contribution in [0.25, 0.3) is 0 Å². The fourth-order valence-electron chi connectivity index (χ4n) is 0.824. The first-order valence-electron chi connectivity index (χ1n) is 3.33. The van der Waals surface area contributed by atoms with Gasteiger partial charge in [-0.2, -0.15) is 21.6 Å². The molecule has 0 amide bonds. The van der Waals surface area contributed by atoms with Crippen molar-refractivity contribution in [1.29, 1.82) is 0 Å². The summed E-state index contributed by atoms with van der Waals surface area (Å²) in [5, 5.41) is 0. The van der Waals surface area contributed by atoms with Crippen molar-refractivity contribution in [3.63, 3.8) is 0 Å².